The van der Waals surface area contributed by atoms with E-state index >= 15 is 0 Å². The van der Waals surface area contributed by atoms with Crippen LogP contribution in [-0.2, 0) is 4.74 Å². The van der Waals surface area contributed by atoms with Crippen LogP contribution in [0.1, 0.15) is 42.5 Å². The molecular weight excluding hydrogens is 317 g/mol. The molecule has 114 valence electrons. The number of nitro benzene ring substituents is 1. The number of nitrogens with zero attached hydrogens (tertiary/aromatic N) is 1. The summed E-state index contributed by atoms with van der Waals surface area (Å²) in [6.45, 7) is 0.315. The summed E-state index contributed by atoms with van der Waals surface area (Å²) >= 11 is 11.7. The number of carbonyl (C=O) groups excluding carboxylic acids is 1. The average Bonchev–Trinajstić information content (AvgIpc) is 2.48. The van der Waals surface area contributed by atoms with Crippen molar-refractivity contribution in [1.82, 2.24) is 0 Å². The van der Waals surface area contributed by atoms with Gasteiger partial charge in [-0.05, 0) is 18.8 Å². The Labute approximate surface area is 132 Å². The Hall–Kier alpha value is -1.33. The van der Waals surface area contributed by atoms with Crippen molar-refractivity contribution >= 4 is 34.9 Å². The summed E-state index contributed by atoms with van der Waals surface area (Å²) in [5, 5.41) is 10.7. The molecular formula is C14H15Cl2NO4. The highest BCUT2D eigenvalue weighted by Gasteiger charge is 2.22. The van der Waals surface area contributed by atoms with Gasteiger partial charge in [0.15, 0.2) is 0 Å². The van der Waals surface area contributed by atoms with Gasteiger partial charge < -0.3 is 4.74 Å². The lowest BCUT2D eigenvalue weighted by Crippen LogP contribution is -2.17. The van der Waals surface area contributed by atoms with Crippen LogP contribution in [0.5, 0.6) is 0 Å². The van der Waals surface area contributed by atoms with E-state index in [-0.39, 0.29) is 21.3 Å². The second-order valence-corrected chi connectivity index (χ2v) is 5.93. The molecule has 1 fully saturated rings. The molecule has 0 heterocycles. The molecule has 0 aromatic heterocycles. The van der Waals surface area contributed by atoms with Gasteiger partial charge in [0.25, 0.3) is 5.69 Å². The molecule has 0 unspecified atom stereocenters. The molecule has 2 rings (SSSR count). The molecule has 0 spiro atoms. The summed E-state index contributed by atoms with van der Waals surface area (Å²) in [4.78, 5) is 22.2. The van der Waals surface area contributed by atoms with Gasteiger partial charge in [-0.3, -0.25) is 10.1 Å². The first-order chi connectivity index (χ1) is 9.99. The standard InChI is InChI=1S/C14H15Cl2NO4/c15-12-7-10(17(19)20)6-11(13(12)16)14(18)21-8-9-4-2-1-3-5-9/h6-7,9H,1-5,8H2. The SMILES string of the molecule is O=C(OCC1CCCCC1)c1cc([N+](=O)[O-])cc(Cl)c1Cl. The van der Waals surface area contributed by atoms with Crippen LogP contribution in [0.25, 0.3) is 0 Å². The van der Waals surface area contributed by atoms with E-state index in [4.69, 9.17) is 27.9 Å². The lowest BCUT2D eigenvalue weighted by Gasteiger charge is -2.21. The van der Waals surface area contributed by atoms with Gasteiger partial charge in [0.1, 0.15) is 0 Å². The molecule has 21 heavy (non-hydrogen) atoms. The van der Waals surface area contributed by atoms with Gasteiger partial charge in [-0.15, -0.1) is 0 Å². The van der Waals surface area contributed by atoms with E-state index in [2.05, 4.69) is 0 Å². The van der Waals surface area contributed by atoms with E-state index in [1.54, 1.807) is 0 Å². The van der Waals surface area contributed by atoms with Gasteiger partial charge in [-0.2, -0.15) is 0 Å². The quantitative estimate of drug-likeness (QED) is 0.457. The molecule has 0 aliphatic heterocycles. The van der Waals surface area contributed by atoms with Crippen LogP contribution in [-0.4, -0.2) is 17.5 Å². The number of nitro groups is 1. The van der Waals surface area contributed by atoms with E-state index in [9.17, 15) is 14.9 Å². The van der Waals surface area contributed by atoms with Gasteiger partial charge >= 0.3 is 5.97 Å². The van der Waals surface area contributed by atoms with E-state index in [0.717, 1.165) is 37.8 Å². The van der Waals surface area contributed by atoms with Crippen molar-refractivity contribution in [3.63, 3.8) is 0 Å². The number of esters is 1. The topological polar surface area (TPSA) is 69.4 Å². The van der Waals surface area contributed by atoms with Crippen molar-refractivity contribution in [1.29, 1.82) is 0 Å². The normalized spacial score (nSPS) is 15.7. The largest absolute Gasteiger partial charge is 0.462 e. The molecule has 5 nitrogen and oxygen atoms in total. The van der Waals surface area contributed by atoms with E-state index in [0.29, 0.717) is 12.5 Å². The summed E-state index contributed by atoms with van der Waals surface area (Å²) in [5.74, 6) is -0.313. The Bertz CT molecular complexity index is 556. The molecule has 0 amide bonds. The van der Waals surface area contributed by atoms with Crippen LogP contribution in [0.15, 0.2) is 12.1 Å². The first-order valence-corrected chi connectivity index (χ1v) is 7.55. The summed E-state index contributed by atoms with van der Waals surface area (Å²) in [6, 6.07) is 2.21. The number of rotatable bonds is 4. The molecule has 0 saturated heterocycles. The summed E-state index contributed by atoms with van der Waals surface area (Å²) in [5.41, 5.74) is -0.347. The van der Waals surface area contributed by atoms with Crippen molar-refractivity contribution in [3.05, 3.63) is 37.9 Å². The van der Waals surface area contributed by atoms with E-state index in [1.165, 1.54) is 6.42 Å². The fraction of sp³-hybridized carbons (Fsp3) is 0.500. The maximum absolute atomic E-state index is 12.0. The predicted octanol–water partition coefficient (Wildman–Crippen LogP) is 4.64. The number of benzene rings is 1. The van der Waals surface area contributed by atoms with Crippen LogP contribution >= 0.6 is 23.2 Å². The van der Waals surface area contributed by atoms with Gasteiger partial charge in [0.2, 0.25) is 0 Å². The van der Waals surface area contributed by atoms with E-state index in [1.807, 2.05) is 0 Å². The monoisotopic (exact) mass is 331 g/mol. The highest BCUT2D eigenvalue weighted by Crippen LogP contribution is 2.32. The molecule has 0 N–H and O–H groups in total. The maximum atomic E-state index is 12.0. The van der Waals surface area contributed by atoms with Gasteiger partial charge in [-0.1, -0.05) is 42.5 Å². The molecule has 1 aromatic rings. The van der Waals surface area contributed by atoms with Crippen molar-refractivity contribution in [2.24, 2.45) is 5.92 Å². The van der Waals surface area contributed by atoms with Crippen LogP contribution in [0, 0.1) is 16.0 Å². The maximum Gasteiger partial charge on any atom is 0.339 e. The van der Waals surface area contributed by atoms with Gasteiger partial charge in [0.05, 0.1) is 27.1 Å². The molecule has 1 aromatic carbocycles. The molecule has 1 aliphatic rings. The number of hydrogen-bond acceptors (Lipinski definition) is 4. The van der Waals surface area contributed by atoms with Crippen LogP contribution in [0.3, 0.4) is 0 Å². The summed E-state index contributed by atoms with van der Waals surface area (Å²) in [6.07, 6.45) is 5.58. The third kappa shape index (κ3) is 4.08. The van der Waals surface area contributed by atoms with Crippen molar-refractivity contribution < 1.29 is 14.5 Å². The number of hydrogen-bond donors (Lipinski definition) is 0. The van der Waals surface area contributed by atoms with Crippen molar-refractivity contribution in [2.75, 3.05) is 6.61 Å². The Morgan fingerprint density at radius 3 is 2.57 bits per heavy atom. The minimum absolute atomic E-state index is 0.0177. The predicted molar refractivity (Wildman–Crippen MR) is 80.0 cm³/mol. The minimum atomic E-state index is -0.670. The Morgan fingerprint density at radius 2 is 1.95 bits per heavy atom. The lowest BCUT2D eigenvalue weighted by molar-refractivity contribution is -0.384. The Balaban J connectivity index is 2.09. The van der Waals surface area contributed by atoms with Gasteiger partial charge in [0, 0.05) is 12.1 Å². The summed E-state index contributed by atoms with van der Waals surface area (Å²) < 4.78 is 5.23. The number of ether oxygens (including phenoxy) is 1. The third-order valence-corrected chi connectivity index (χ3v) is 4.42. The minimum Gasteiger partial charge on any atom is -0.462 e. The molecule has 0 radical (unpaired) electrons. The fourth-order valence-corrected chi connectivity index (χ4v) is 2.85. The zero-order valence-corrected chi connectivity index (χ0v) is 12.8. The fourth-order valence-electron chi connectivity index (χ4n) is 2.45. The highest BCUT2D eigenvalue weighted by atomic mass is 35.5. The first kappa shape index (κ1) is 16.0. The molecule has 0 atom stereocenters. The van der Waals surface area contributed by atoms with Crippen molar-refractivity contribution in [2.45, 2.75) is 32.1 Å². The average molecular weight is 332 g/mol. The van der Waals surface area contributed by atoms with Crippen molar-refractivity contribution in [3.8, 4) is 0 Å². The van der Waals surface area contributed by atoms with Crippen LogP contribution in [0.4, 0.5) is 5.69 Å². The van der Waals surface area contributed by atoms with Gasteiger partial charge in [-0.25, -0.2) is 4.79 Å². The zero-order chi connectivity index (χ0) is 15.4. The smallest absolute Gasteiger partial charge is 0.339 e. The second-order valence-electron chi connectivity index (χ2n) is 5.15. The molecule has 0 bridgehead atoms. The molecule has 1 aliphatic carbocycles. The number of carbonyl (C=O) groups is 1. The van der Waals surface area contributed by atoms with E-state index < -0.39 is 10.9 Å². The number of non-ortho nitro benzene ring substituents is 1. The lowest BCUT2D eigenvalue weighted by atomic mass is 9.90. The van der Waals surface area contributed by atoms with Crippen LogP contribution in [0.2, 0.25) is 10.0 Å². The zero-order valence-electron chi connectivity index (χ0n) is 11.3. The number of halogens is 2. The third-order valence-electron chi connectivity index (χ3n) is 3.62. The molecule has 1 saturated carbocycles. The Morgan fingerprint density at radius 1 is 1.29 bits per heavy atom. The first-order valence-electron chi connectivity index (χ1n) is 6.79. The molecule has 7 heteroatoms. The highest BCUT2D eigenvalue weighted by molar-refractivity contribution is 6.43. The second kappa shape index (κ2) is 7.09. The summed E-state index contributed by atoms with van der Waals surface area (Å²) in [7, 11) is 0. The Kier molecular flexibility index (Phi) is 5.42. The van der Waals surface area contributed by atoms with Crippen LogP contribution < -0.4 is 0 Å².